The summed E-state index contributed by atoms with van der Waals surface area (Å²) >= 11 is 0. The Kier molecular flexibility index (Phi) is 4.13. The summed E-state index contributed by atoms with van der Waals surface area (Å²) in [5.41, 5.74) is 0. The second-order valence-electron chi connectivity index (χ2n) is 7.12. The van der Waals surface area contributed by atoms with Crippen LogP contribution < -0.4 is 4.72 Å². The molecule has 5 heteroatoms. The lowest BCUT2D eigenvalue weighted by Crippen LogP contribution is -2.43. The molecule has 3 rings (SSSR count). The molecule has 0 aromatic rings. The summed E-state index contributed by atoms with van der Waals surface area (Å²) in [5.74, 6) is 3.19. The zero-order valence-electron chi connectivity index (χ0n) is 12.5. The molecule has 3 aliphatic rings. The molecule has 0 amide bonds. The van der Waals surface area contributed by atoms with Gasteiger partial charge in [0.05, 0.1) is 18.5 Å². The number of ether oxygens (including phenoxy) is 1. The van der Waals surface area contributed by atoms with Crippen molar-refractivity contribution in [2.24, 2.45) is 23.7 Å². The van der Waals surface area contributed by atoms with Gasteiger partial charge in [-0.2, -0.15) is 0 Å². The van der Waals surface area contributed by atoms with Crippen molar-refractivity contribution in [3.63, 3.8) is 0 Å². The maximum atomic E-state index is 12.1. The van der Waals surface area contributed by atoms with E-state index in [-0.39, 0.29) is 17.9 Å². The second kappa shape index (κ2) is 5.58. The Morgan fingerprint density at radius 3 is 2.65 bits per heavy atom. The number of nitrogens with one attached hydrogen (secondary N) is 1. The van der Waals surface area contributed by atoms with E-state index in [1.165, 1.54) is 25.7 Å². The van der Waals surface area contributed by atoms with Crippen molar-refractivity contribution in [3.05, 3.63) is 0 Å². The molecule has 3 aliphatic carbocycles. The molecule has 4 nitrogen and oxygen atoms in total. The van der Waals surface area contributed by atoms with Gasteiger partial charge in [0, 0.05) is 6.04 Å². The van der Waals surface area contributed by atoms with Gasteiger partial charge in [0.15, 0.2) is 0 Å². The molecular formula is C15H27NO3S. The molecule has 5 atom stereocenters. The van der Waals surface area contributed by atoms with Crippen molar-refractivity contribution >= 4 is 10.0 Å². The van der Waals surface area contributed by atoms with E-state index in [9.17, 15) is 8.42 Å². The summed E-state index contributed by atoms with van der Waals surface area (Å²) < 4.78 is 32.6. The van der Waals surface area contributed by atoms with Crippen LogP contribution in [0.1, 0.15) is 46.0 Å². The number of rotatable bonds is 6. The first kappa shape index (κ1) is 14.8. The second-order valence-corrected chi connectivity index (χ2v) is 8.99. The van der Waals surface area contributed by atoms with Gasteiger partial charge >= 0.3 is 0 Å². The Balaban J connectivity index is 1.54. The van der Waals surface area contributed by atoms with Crippen LogP contribution in [0.5, 0.6) is 0 Å². The van der Waals surface area contributed by atoms with Crippen molar-refractivity contribution in [1.82, 2.24) is 4.72 Å². The summed E-state index contributed by atoms with van der Waals surface area (Å²) in [6, 6.07) is 0.198. The Bertz CT molecular complexity index is 448. The molecule has 0 aromatic carbocycles. The predicted octanol–water partition coefficient (Wildman–Crippen LogP) is 2.16. The van der Waals surface area contributed by atoms with Gasteiger partial charge in [-0.15, -0.1) is 0 Å². The van der Waals surface area contributed by atoms with Gasteiger partial charge < -0.3 is 4.74 Å². The molecule has 0 aromatic heterocycles. The van der Waals surface area contributed by atoms with Gasteiger partial charge in [0.25, 0.3) is 0 Å². The van der Waals surface area contributed by atoms with Crippen LogP contribution in [0.25, 0.3) is 0 Å². The molecule has 3 saturated carbocycles. The van der Waals surface area contributed by atoms with Gasteiger partial charge in [0.1, 0.15) is 0 Å². The molecule has 116 valence electrons. The van der Waals surface area contributed by atoms with E-state index >= 15 is 0 Å². The van der Waals surface area contributed by atoms with E-state index in [1.807, 2.05) is 13.8 Å². The molecular weight excluding hydrogens is 274 g/mol. The van der Waals surface area contributed by atoms with Crippen LogP contribution in [0.4, 0.5) is 0 Å². The Hall–Kier alpha value is -0.130. The van der Waals surface area contributed by atoms with E-state index in [0.717, 1.165) is 24.2 Å². The fourth-order valence-corrected chi connectivity index (χ4v) is 6.05. The van der Waals surface area contributed by atoms with Gasteiger partial charge in [-0.25, -0.2) is 13.1 Å². The third-order valence-electron chi connectivity index (χ3n) is 5.56. The predicted molar refractivity (Wildman–Crippen MR) is 78.8 cm³/mol. The SMILES string of the molecule is CC(C)OCCS(=O)(=O)N[C@@H]1C[C@H]2C[C@H]1[C@H]1CCC[C@H]21. The zero-order valence-corrected chi connectivity index (χ0v) is 13.4. The number of hydrogen-bond donors (Lipinski definition) is 1. The smallest absolute Gasteiger partial charge is 0.214 e. The first-order valence-electron chi connectivity index (χ1n) is 8.08. The van der Waals surface area contributed by atoms with Crippen LogP contribution >= 0.6 is 0 Å². The summed E-state index contributed by atoms with van der Waals surface area (Å²) in [6.45, 7) is 4.15. The summed E-state index contributed by atoms with van der Waals surface area (Å²) in [5, 5.41) is 0. The average Bonchev–Trinajstić information content (AvgIpc) is 2.97. The molecule has 0 saturated heterocycles. The highest BCUT2D eigenvalue weighted by atomic mass is 32.2. The van der Waals surface area contributed by atoms with E-state index < -0.39 is 10.0 Å². The van der Waals surface area contributed by atoms with Crippen LogP contribution in [0, 0.1) is 23.7 Å². The monoisotopic (exact) mass is 301 g/mol. The lowest BCUT2D eigenvalue weighted by atomic mass is 9.79. The van der Waals surface area contributed by atoms with E-state index in [4.69, 9.17) is 4.74 Å². The minimum absolute atomic E-state index is 0.0898. The first-order valence-corrected chi connectivity index (χ1v) is 9.73. The average molecular weight is 301 g/mol. The summed E-state index contributed by atoms with van der Waals surface area (Å²) in [6.07, 6.45) is 6.46. The van der Waals surface area contributed by atoms with E-state index in [1.54, 1.807) is 0 Å². The van der Waals surface area contributed by atoms with Crippen LogP contribution in [0.2, 0.25) is 0 Å². The molecule has 0 spiro atoms. The first-order chi connectivity index (χ1) is 9.46. The minimum Gasteiger partial charge on any atom is -0.378 e. The fourth-order valence-electron chi connectivity index (χ4n) is 4.89. The zero-order chi connectivity index (χ0) is 14.3. The third-order valence-corrected chi connectivity index (χ3v) is 6.93. The highest BCUT2D eigenvalue weighted by Crippen LogP contribution is 2.58. The summed E-state index contributed by atoms with van der Waals surface area (Å²) in [4.78, 5) is 0. The number of fused-ring (bicyclic) bond motifs is 5. The minimum atomic E-state index is -3.19. The highest BCUT2D eigenvalue weighted by molar-refractivity contribution is 7.89. The lowest BCUT2D eigenvalue weighted by molar-refractivity contribution is 0.0910. The Morgan fingerprint density at radius 1 is 1.15 bits per heavy atom. The van der Waals surface area contributed by atoms with Crippen molar-refractivity contribution in [3.8, 4) is 0 Å². The largest absolute Gasteiger partial charge is 0.378 e. The van der Waals surface area contributed by atoms with E-state index in [0.29, 0.717) is 12.5 Å². The van der Waals surface area contributed by atoms with E-state index in [2.05, 4.69) is 4.72 Å². The van der Waals surface area contributed by atoms with Crippen molar-refractivity contribution in [2.75, 3.05) is 12.4 Å². The van der Waals surface area contributed by atoms with Crippen molar-refractivity contribution < 1.29 is 13.2 Å². The lowest BCUT2D eigenvalue weighted by Gasteiger charge is -2.31. The fraction of sp³-hybridized carbons (Fsp3) is 1.00. The topological polar surface area (TPSA) is 55.4 Å². The van der Waals surface area contributed by atoms with Gasteiger partial charge in [0.2, 0.25) is 10.0 Å². The van der Waals surface area contributed by atoms with Gasteiger partial charge in [-0.1, -0.05) is 6.42 Å². The van der Waals surface area contributed by atoms with Crippen LogP contribution in [0.15, 0.2) is 0 Å². The van der Waals surface area contributed by atoms with Crippen LogP contribution in [-0.4, -0.2) is 32.9 Å². The van der Waals surface area contributed by atoms with Crippen molar-refractivity contribution in [1.29, 1.82) is 0 Å². The maximum absolute atomic E-state index is 12.1. The van der Waals surface area contributed by atoms with Crippen molar-refractivity contribution in [2.45, 2.75) is 58.1 Å². The third kappa shape index (κ3) is 2.90. The normalized spacial score (nSPS) is 39.6. The quantitative estimate of drug-likeness (QED) is 0.818. The molecule has 3 fully saturated rings. The molecule has 0 unspecified atom stereocenters. The molecule has 0 aliphatic heterocycles. The standard InChI is InChI=1S/C15H27NO3S/c1-10(2)19-6-7-20(17,18)16-15-9-11-8-14(15)13-5-3-4-12(11)13/h10-16H,3-9H2,1-2H3/t11-,12-,13+,14+,15-/m1/s1. The Labute approximate surface area is 122 Å². The van der Waals surface area contributed by atoms with Crippen LogP contribution in [-0.2, 0) is 14.8 Å². The number of sulfonamides is 1. The summed E-state index contributed by atoms with van der Waals surface area (Å²) in [7, 11) is -3.19. The molecule has 0 heterocycles. The van der Waals surface area contributed by atoms with Gasteiger partial charge in [-0.05, 0) is 63.2 Å². The van der Waals surface area contributed by atoms with Crippen LogP contribution in [0.3, 0.4) is 0 Å². The Morgan fingerprint density at radius 2 is 1.90 bits per heavy atom. The molecule has 2 bridgehead atoms. The number of hydrogen-bond acceptors (Lipinski definition) is 3. The van der Waals surface area contributed by atoms with Gasteiger partial charge in [-0.3, -0.25) is 0 Å². The molecule has 1 N–H and O–H groups in total. The maximum Gasteiger partial charge on any atom is 0.214 e. The molecule has 20 heavy (non-hydrogen) atoms. The molecule has 0 radical (unpaired) electrons. The highest BCUT2D eigenvalue weighted by Gasteiger charge is 2.54.